The van der Waals surface area contributed by atoms with Gasteiger partial charge in [-0.3, -0.25) is 23.4 Å². The van der Waals surface area contributed by atoms with Gasteiger partial charge in [0.15, 0.2) is 6.10 Å². The molecule has 1 aliphatic rings. The van der Waals surface area contributed by atoms with Gasteiger partial charge in [-0.05, 0) is 83.5 Å². The monoisotopic (exact) mass is 850 g/mol. The van der Waals surface area contributed by atoms with Crippen LogP contribution in [0.3, 0.4) is 0 Å². The Morgan fingerprint density at radius 1 is 0.644 bits per heavy atom. The van der Waals surface area contributed by atoms with Gasteiger partial charge in [-0.25, -0.2) is 4.57 Å². The third kappa shape index (κ3) is 34.3. The number of ether oxygens (including phenoxy) is 3. The van der Waals surface area contributed by atoms with E-state index in [9.17, 15) is 23.8 Å². The number of carboxylic acids is 1. The highest BCUT2D eigenvalue weighted by molar-refractivity contribution is 7.47. The lowest BCUT2D eigenvalue weighted by Gasteiger charge is -2.20. The zero-order valence-corrected chi connectivity index (χ0v) is 36.9. The fourth-order valence-corrected chi connectivity index (χ4v) is 6.58. The number of nitrogens with two attached hydrogens (primary N) is 1. The molecule has 0 aromatic carbocycles. The Morgan fingerprint density at radius 3 is 1.80 bits per heavy atom. The molecule has 0 aromatic heterocycles. The standard InChI is InChI=1S/C46H76NO11P/c1-3-5-7-9-11-12-13-14-15-16-17-18-19-20-21-22-23-27-32-36-45(49)57-40(38-55-59(52,53)56-39-41(47)46(50)51)37-54-44(48)35-31-28-24-26-30-34-43-42(58-43)33-29-25-10-8-6-4-2/h5,7,11-12,14-15,17-18,20-21,25,29,40-43H,3-4,6,8-10,13,16,19,22-24,26-28,30-39,47H2,1-2H3,(H,50,51)(H,52,53)/b7-5-,12-11-,15-14-,18-17-,21-20-,29-25-/t40-,41+,42?,43?/m1/s1. The lowest BCUT2D eigenvalue weighted by atomic mass is 10.1. The van der Waals surface area contributed by atoms with Crippen LogP contribution in [0.5, 0.6) is 0 Å². The second kappa shape index (κ2) is 36.7. The number of rotatable bonds is 39. The van der Waals surface area contributed by atoms with Crippen molar-refractivity contribution in [3.8, 4) is 0 Å². The number of carbonyl (C=O) groups excluding carboxylic acids is 2. The summed E-state index contributed by atoms with van der Waals surface area (Å²) in [5.41, 5.74) is 5.33. The van der Waals surface area contributed by atoms with Gasteiger partial charge in [0.25, 0.3) is 0 Å². The number of carbonyl (C=O) groups is 3. The summed E-state index contributed by atoms with van der Waals surface area (Å²) in [6.07, 6.45) is 45.5. The van der Waals surface area contributed by atoms with Crippen molar-refractivity contribution in [2.45, 2.75) is 179 Å². The number of esters is 2. The van der Waals surface area contributed by atoms with E-state index in [1.807, 2.05) is 0 Å². The van der Waals surface area contributed by atoms with Crippen molar-refractivity contribution >= 4 is 25.7 Å². The predicted molar refractivity (Wildman–Crippen MR) is 235 cm³/mol. The van der Waals surface area contributed by atoms with Gasteiger partial charge in [-0.2, -0.15) is 0 Å². The lowest BCUT2D eigenvalue weighted by molar-refractivity contribution is -0.161. The molecule has 0 spiro atoms. The first-order valence-corrected chi connectivity index (χ1v) is 23.6. The van der Waals surface area contributed by atoms with E-state index in [2.05, 4.69) is 91.3 Å². The summed E-state index contributed by atoms with van der Waals surface area (Å²) in [7, 11) is -4.74. The zero-order chi connectivity index (χ0) is 43.2. The van der Waals surface area contributed by atoms with E-state index in [4.69, 9.17) is 29.6 Å². The summed E-state index contributed by atoms with van der Waals surface area (Å²) in [6, 6.07) is -1.54. The molecule has 1 fully saturated rings. The molecule has 0 radical (unpaired) electrons. The Balaban J connectivity index is 2.32. The van der Waals surface area contributed by atoms with Crippen molar-refractivity contribution in [3.63, 3.8) is 0 Å². The Hall–Kier alpha value is -3.12. The van der Waals surface area contributed by atoms with Crippen LogP contribution in [0.25, 0.3) is 0 Å². The fourth-order valence-electron chi connectivity index (χ4n) is 5.80. The van der Waals surface area contributed by atoms with Gasteiger partial charge in [0.2, 0.25) is 0 Å². The third-order valence-corrected chi connectivity index (χ3v) is 10.3. The molecule has 3 unspecified atom stereocenters. The molecular formula is C46H76NO11P. The molecule has 0 saturated carbocycles. The molecule has 5 atom stereocenters. The first kappa shape index (κ1) is 53.9. The molecule has 13 heteroatoms. The molecule has 12 nitrogen and oxygen atoms in total. The van der Waals surface area contributed by atoms with Crippen LogP contribution in [0.1, 0.15) is 155 Å². The van der Waals surface area contributed by atoms with Gasteiger partial charge in [0, 0.05) is 12.8 Å². The molecule has 1 saturated heterocycles. The minimum Gasteiger partial charge on any atom is -0.480 e. The van der Waals surface area contributed by atoms with Gasteiger partial charge < -0.3 is 29.9 Å². The van der Waals surface area contributed by atoms with E-state index in [1.54, 1.807) is 0 Å². The van der Waals surface area contributed by atoms with Crippen molar-refractivity contribution < 1.29 is 52.2 Å². The van der Waals surface area contributed by atoms with Crippen molar-refractivity contribution in [1.29, 1.82) is 0 Å². The average molecular weight is 850 g/mol. The smallest absolute Gasteiger partial charge is 0.472 e. The summed E-state index contributed by atoms with van der Waals surface area (Å²) in [4.78, 5) is 46.0. The number of hydrogen-bond donors (Lipinski definition) is 3. The van der Waals surface area contributed by atoms with Gasteiger partial charge in [0.05, 0.1) is 25.4 Å². The minimum absolute atomic E-state index is 0.112. The van der Waals surface area contributed by atoms with E-state index in [0.29, 0.717) is 25.0 Å². The quantitative estimate of drug-likeness (QED) is 0.0175. The fraction of sp³-hybridized carbons (Fsp3) is 0.674. The van der Waals surface area contributed by atoms with Crippen LogP contribution >= 0.6 is 7.82 Å². The largest absolute Gasteiger partial charge is 0.480 e. The van der Waals surface area contributed by atoms with Gasteiger partial charge in [-0.1, -0.05) is 132 Å². The van der Waals surface area contributed by atoms with E-state index in [1.165, 1.54) is 19.3 Å². The second-order valence-electron chi connectivity index (χ2n) is 14.8. The highest BCUT2D eigenvalue weighted by Crippen LogP contribution is 2.43. The van der Waals surface area contributed by atoms with Crippen LogP contribution in [0.2, 0.25) is 0 Å². The van der Waals surface area contributed by atoms with E-state index < -0.39 is 51.1 Å². The third-order valence-electron chi connectivity index (χ3n) is 9.36. The van der Waals surface area contributed by atoms with E-state index in [0.717, 1.165) is 96.3 Å². The summed E-state index contributed by atoms with van der Waals surface area (Å²) < 4.78 is 38.5. The van der Waals surface area contributed by atoms with Crippen molar-refractivity contribution in [1.82, 2.24) is 0 Å². The van der Waals surface area contributed by atoms with Crippen LogP contribution in [0.15, 0.2) is 72.9 Å². The SMILES string of the molecule is CC/C=C\C/C=C\C/C=C\C/C=C\C/C=C\CCCCCC(=O)O[C@H](COC(=O)CCCCCCCC1OC1C/C=C\CCCCC)COP(=O)(O)OC[C@H](N)C(=O)O. The highest BCUT2D eigenvalue weighted by Gasteiger charge is 2.36. The predicted octanol–water partition coefficient (Wildman–Crippen LogP) is 10.7. The van der Waals surface area contributed by atoms with E-state index >= 15 is 0 Å². The number of aliphatic carboxylic acids is 1. The van der Waals surface area contributed by atoms with Gasteiger partial charge in [0.1, 0.15) is 12.6 Å². The Bertz CT molecular complexity index is 1340. The molecule has 0 bridgehead atoms. The van der Waals surface area contributed by atoms with Crippen LogP contribution in [0.4, 0.5) is 0 Å². The Morgan fingerprint density at radius 2 is 1.17 bits per heavy atom. The lowest BCUT2D eigenvalue weighted by Crippen LogP contribution is -2.34. The van der Waals surface area contributed by atoms with Gasteiger partial charge in [-0.15, -0.1) is 0 Å². The van der Waals surface area contributed by atoms with Crippen LogP contribution in [0, 0.1) is 0 Å². The number of carboxylic acid groups (broad SMARTS) is 1. The summed E-state index contributed by atoms with van der Waals surface area (Å²) in [5, 5.41) is 8.90. The number of phosphoric acid groups is 1. The Labute approximate surface area is 355 Å². The number of phosphoric ester groups is 1. The molecule has 1 rings (SSSR count). The van der Waals surface area contributed by atoms with Gasteiger partial charge >= 0.3 is 25.7 Å². The van der Waals surface area contributed by atoms with Crippen LogP contribution in [-0.4, -0.2) is 72.1 Å². The zero-order valence-electron chi connectivity index (χ0n) is 36.0. The van der Waals surface area contributed by atoms with Crippen LogP contribution in [-0.2, 0) is 42.2 Å². The number of hydrogen-bond acceptors (Lipinski definition) is 10. The van der Waals surface area contributed by atoms with Crippen molar-refractivity contribution in [3.05, 3.63) is 72.9 Å². The molecule has 59 heavy (non-hydrogen) atoms. The maximum Gasteiger partial charge on any atom is 0.472 e. The molecule has 4 N–H and O–H groups in total. The molecule has 336 valence electrons. The molecular weight excluding hydrogens is 773 g/mol. The number of allylic oxidation sites excluding steroid dienone is 11. The minimum atomic E-state index is -4.74. The summed E-state index contributed by atoms with van der Waals surface area (Å²) >= 11 is 0. The summed E-state index contributed by atoms with van der Waals surface area (Å²) in [5.74, 6) is -2.46. The molecule has 0 aromatic rings. The second-order valence-corrected chi connectivity index (χ2v) is 16.3. The molecule has 0 amide bonds. The molecule has 1 aliphatic heterocycles. The summed E-state index contributed by atoms with van der Waals surface area (Å²) in [6.45, 7) is 2.59. The highest BCUT2D eigenvalue weighted by atomic mass is 31.2. The number of unbranched alkanes of at least 4 members (excludes halogenated alkanes) is 10. The topological polar surface area (TPSA) is 184 Å². The average Bonchev–Trinajstić information content (AvgIpc) is 3.97. The Kier molecular flexibility index (Phi) is 33.5. The number of epoxide rings is 1. The maximum atomic E-state index is 12.6. The van der Waals surface area contributed by atoms with E-state index in [-0.39, 0.29) is 19.4 Å². The normalized spacial score (nSPS) is 17.8. The first-order valence-electron chi connectivity index (χ1n) is 22.1. The van der Waals surface area contributed by atoms with Crippen molar-refractivity contribution in [2.24, 2.45) is 5.73 Å². The van der Waals surface area contributed by atoms with Crippen molar-refractivity contribution in [2.75, 3.05) is 19.8 Å². The van der Waals surface area contributed by atoms with Crippen LogP contribution < -0.4 is 5.73 Å². The molecule has 1 heterocycles. The maximum absolute atomic E-state index is 12.6. The first-order chi connectivity index (χ1) is 28.6. The molecule has 0 aliphatic carbocycles.